The minimum absolute atomic E-state index is 0.0184. The van der Waals surface area contributed by atoms with Crippen LogP contribution in [0.5, 0.6) is 23.0 Å². The molecule has 0 saturated carbocycles. The van der Waals surface area contributed by atoms with E-state index in [2.05, 4.69) is 26.8 Å². The van der Waals surface area contributed by atoms with E-state index in [0.29, 0.717) is 45.2 Å². The Morgan fingerprint density at radius 2 is 1.59 bits per heavy atom. The van der Waals surface area contributed by atoms with Gasteiger partial charge in [0.2, 0.25) is 5.95 Å². The van der Waals surface area contributed by atoms with E-state index in [1.54, 1.807) is 44.6 Å². The average molecular weight is 506 g/mol. The first kappa shape index (κ1) is 24.5. The first-order chi connectivity index (χ1) is 17.9. The summed E-state index contributed by atoms with van der Waals surface area (Å²) in [5, 5.41) is 0.640. The number of ether oxygens (including phenoxy) is 3. The highest BCUT2D eigenvalue weighted by Gasteiger charge is 2.20. The Morgan fingerprint density at radius 3 is 2.30 bits per heavy atom. The summed E-state index contributed by atoms with van der Waals surface area (Å²) in [6.45, 7) is 3.38. The van der Waals surface area contributed by atoms with Gasteiger partial charge in [0.25, 0.3) is 5.56 Å². The largest absolute Gasteiger partial charge is 0.493 e. The van der Waals surface area contributed by atoms with Crippen LogP contribution < -0.4 is 24.7 Å². The van der Waals surface area contributed by atoms with Gasteiger partial charge in [-0.05, 0) is 36.9 Å². The van der Waals surface area contributed by atoms with Crippen molar-refractivity contribution >= 4 is 16.9 Å². The molecule has 0 atom stereocenters. The van der Waals surface area contributed by atoms with Crippen LogP contribution in [0.25, 0.3) is 22.0 Å². The maximum Gasteiger partial charge on any atom is 0.262 e. The molecule has 0 radical (unpaired) electrons. The van der Waals surface area contributed by atoms with Gasteiger partial charge in [0.1, 0.15) is 5.75 Å². The topological polar surface area (TPSA) is 82.0 Å². The lowest BCUT2D eigenvalue weighted by atomic mass is 10.1. The number of nitrogens with zero attached hydrogens (tertiary/aromatic N) is 5. The fourth-order valence-corrected chi connectivity index (χ4v) is 4.44. The van der Waals surface area contributed by atoms with Crippen LogP contribution in [0, 0.1) is 5.82 Å². The third-order valence-corrected chi connectivity index (χ3v) is 6.60. The van der Waals surface area contributed by atoms with Gasteiger partial charge in [0, 0.05) is 57.1 Å². The van der Waals surface area contributed by atoms with E-state index in [1.165, 1.54) is 30.0 Å². The molecule has 0 spiro atoms. The van der Waals surface area contributed by atoms with E-state index < -0.39 is 5.82 Å². The van der Waals surface area contributed by atoms with Crippen LogP contribution in [0.15, 0.2) is 53.6 Å². The molecule has 0 amide bonds. The third kappa shape index (κ3) is 4.67. The molecule has 0 unspecified atom stereocenters. The van der Waals surface area contributed by atoms with Crippen LogP contribution in [0.3, 0.4) is 0 Å². The standard InChI is InChI=1S/C27H28FN5O4/c1-31-9-11-33(12-10-31)27-30-16-19(26(34)32(27)2)17-5-6-23(20(28)13-17)37-22-7-8-29-21-15-25(36-4)24(35-3)14-18(21)22/h5-8,13-16H,9-12H2,1-4H3. The van der Waals surface area contributed by atoms with Crippen molar-refractivity contribution in [1.82, 2.24) is 19.4 Å². The highest BCUT2D eigenvalue weighted by Crippen LogP contribution is 2.37. The maximum atomic E-state index is 15.2. The lowest BCUT2D eigenvalue weighted by molar-refractivity contribution is 0.310. The van der Waals surface area contributed by atoms with Crippen LogP contribution >= 0.6 is 0 Å². The van der Waals surface area contributed by atoms with E-state index in [1.807, 2.05) is 0 Å². The zero-order valence-electron chi connectivity index (χ0n) is 21.2. The SMILES string of the molecule is COc1cc2nccc(Oc3ccc(-c4cnc(N5CCN(C)CC5)n(C)c4=O)cc3F)c2cc1OC. The summed E-state index contributed by atoms with van der Waals surface area (Å²) in [7, 11) is 6.84. The second-order valence-corrected chi connectivity index (χ2v) is 8.91. The number of pyridine rings is 1. The van der Waals surface area contributed by atoms with Crippen molar-refractivity contribution in [3.05, 3.63) is 65.0 Å². The Morgan fingerprint density at radius 1 is 0.865 bits per heavy atom. The Labute approximate surface area is 213 Å². The van der Waals surface area contributed by atoms with Gasteiger partial charge < -0.3 is 24.0 Å². The van der Waals surface area contributed by atoms with Gasteiger partial charge >= 0.3 is 0 Å². The van der Waals surface area contributed by atoms with Crippen LogP contribution in [-0.4, -0.2) is 66.9 Å². The highest BCUT2D eigenvalue weighted by atomic mass is 19.1. The van der Waals surface area contributed by atoms with Gasteiger partial charge in [-0.25, -0.2) is 9.37 Å². The molecular formula is C27H28FN5O4. The molecule has 0 aliphatic carbocycles. The monoisotopic (exact) mass is 505 g/mol. The predicted molar refractivity (Wildman–Crippen MR) is 140 cm³/mol. The van der Waals surface area contributed by atoms with Crippen LogP contribution in [-0.2, 0) is 7.05 Å². The molecule has 1 aliphatic rings. The minimum atomic E-state index is -0.604. The van der Waals surface area contributed by atoms with Crippen molar-refractivity contribution < 1.29 is 18.6 Å². The molecule has 10 heteroatoms. The number of rotatable bonds is 6. The van der Waals surface area contributed by atoms with E-state index in [0.717, 1.165) is 26.2 Å². The lowest BCUT2D eigenvalue weighted by Crippen LogP contribution is -2.46. The Balaban J connectivity index is 1.44. The summed E-state index contributed by atoms with van der Waals surface area (Å²) < 4.78 is 33.4. The van der Waals surface area contributed by atoms with Crippen molar-refractivity contribution in [3.8, 4) is 34.1 Å². The number of fused-ring (bicyclic) bond motifs is 1. The van der Waals surface area contributed by atoms with Gasteiger partial charge in [-0.1, -0.05) is 6.07 Å². The number of piperazine rings is 1. The van der Waals surface area contributed by atoms with Gasteiger partial charge in [0.05, 0.1) is 25.3 Å². The molecular weight excluding hydrogens is 477 g/mol. The first-order valence-electron chi connectivity index (χ1n) is 11.9. The molecule has 192 valence electrons. The smallest absolute Gasteiger partial charge is 0.262 e. The molecule has 1 aliphatic heterocycles. The van der Waals surface area contributed by atoms with Crippen molar-refractivity contribution in [2.24, 2.45) is 7.05 Å². The molecule has 1 saturated heterocycles. The van der Waals surface area contributed by atoms with E-state index in [4.69, 9.17) is 14.2 Å². The summed E-state index contributed by atoms with van der Waals surface area (Å²) in [4.78, 5) is 26.4. The summed E-state index contributed by atoms with van der Waals surface area (Å²) in [6, 6.07) is 9.56. The lowest BCUT2D eigenvalue weighted by Gasteiger charge is -2.33. The molecule has 2 aromatic heterocycles. The molecule has 0 N–H and O–H groups in total. The molecule has 3 heterocycles. The van der Waals surface area contributed by atoms with E-state index in [-0.39, 0.29) is 11.3 Å². The Bertz CT molecular complexity index is 1520. The zero-order valence-corrected chi connectivity index (χ0v) is 21.2. The van der Waals surface area contributed by atoms with Gasteiger partial charge in [-0.2, -0.15) is 0 Å². The molecule has 37 heavy (non-hydrogen) atoms. The highest BCUT2D eigenvalue weighted by molar-refractivity contribution is 5.88. The van der Waals surface area contributed by atoms with Crippen molar-refractivity contribution in [2.45, 2.75) is 0 Å². The van der Waals surface area contributed by atoms with E-state index in [9.17, 15) is 4.79 Å². The Kier molecular flexibility index (Phi) is 6.66. The molecule has 5 rings (SSSR count). The van der Waals surface area contributed by atoms with E-state index >= 15 is 4.39 Å². The third-order valence-electron chi connectivity index (χ3n) is 6.60. The maximum absolute atomic E-state index is 15.2. The van der Waals surface area contributed by atoms with Gasteiger partial charge in [-0.3, -0.25) is 14.3 Å². The van der Waals surface area contributed by atoms with Crippen LogP contribution in [0.4, 0.5) is 10.3 Å². The zero-order chi connectivity index (χ0) is 26.1. The van der Waals surface area contributed by atoms with Gasteiger partial charge in [0.15, 0.2) is 23.1 Å². The minimum Gasteiger partial charge on any atom is -0.493 e. The molecule has 2 aromatic carbocycles. The second-order valence-electron chi connectivity index (χ2n) is 8.91. The second kappa shape index (κ2) is 10.1. The molecule has 0 bridgehead atoms. The first-order valence-corrected chi connectivity index (χ1v) is 11.9. The fraction of sp³-hybridized carbons (Fsp3) is 0.296. The summed E-state index contributed by atoms with van der Waals surface area (Å²) in [6.07, 6.45) is 3.09. The summed E-state index contributed by atoms with van der Waals surface area (Å²) in [5.74, 6) is 1.47. The summed E-state index contributed by atoms with van der Waals surface area (Å²) in [5.41, 5.74) is 1.12. The molecule has 1 fully saturated rings. The summed E-state index contributed by atoms with van der Waals surface area (Å²) >= 11 is 0. The normalized spacial score (nSPS) is 14.1. The number of anilines is 1. The number of hydrogen-bond acceptors (Lipinski definition) is 8. The average Bonchev–Trinajstić information content (AvgIpc) is 2.91. The van der Waals surface area contributed by atoms with Crippen LogP contribution in [0.1, 0.15) is 0 Å². The number of halogens is 1. The van der Waals surface area contributed by atoms with Crippen molar-refractivity contribution in [3.63, 3.8) is 0 Å². The quantitative estimate of drug-likeness (QED) is 0.393. The number of likely N-dealkylation sites (N-methyl/N-ethyl adjacent to an activating group) is 1. The molecule has 9 nitrogen and oxygen atoms in total. The Hall–Kier alpha value is -4.18. The van der Waals surface area contributed by atoms with Crippen molar-refractivity contribution in [2.75, 3.05) is 52.3 Å². The number of benzene rings is 2. The van der Waals surface area contributed by atoms with Gasteiger partial charge in [-0.15, -0.1) is 0 Å². The number of hydrogen-bond donors (Lipinski definition) is 0. The van der Waals surface area contributed by atoms with Crippen LogP contribution in [0.2, 0.25) is 0 Å². The predicted octanol–water partition coefficient (Wildman–Crippen LogP) is 3.70. The molecule has 4 aromatic rings. The van der Waals surface area contributed by atoms with Crippen molar-refractivity contribution in [1.29, 1.82) is 0 Å². The number of methoxy groups -OCH3 is 2. The fourth-order valence-electron chi connectivity index (χ4n) is 4.44. The number of aromatic nitrogens is 3.